The van der Waals surface area contributed by atoms with E-state index in [0.717, 1.165) is 16.8 Å². The molecule has 2 nitrogen and oxygen atoms in total. The van der Waals surface area contributed by atoms with Gasteiger partial charge in [-0.2, -0.15) is 0 Å². The molecule has 1 radical (unpaired) electrons. The van der Waals surface area contributed by atoms with Gasteiger partial charge in [0.05, 0.1) is 17.8 Å². The monoisotopic (exact) mass is 268 g/mol. The van der Waals surface area contributed by atoms with E-state index in [4.69, 9.17) is 4.84 Å². The highest BCUT2D eigenvalue weighted by atomic mass is 16.7. The summed E-state index contributed by atoms with van der Waals surface area (Å²) in [5, 5.41) is 1.97. The molecule has 105 valence electrons. The number of anilines is 1. The predicted molar refractivity (Wildman–Crippen MR) is 84.6 cm³/mol. The van der Waals surface area contributed by atoms with E-state index >= 15 is 0 Å². The standard InChI is InChI=1S/C18H22NO/c1-14(2)19(20-15(3)4)18-12-8-11-17(13-18)16-9-6-5-7-10-16/h5-9,11-15H,1-4H3. The Labute approximate surface area is 122 Å². The minimum atomic E-state index is 0.157. The van der Waals surface area contributed by atoms with E-state index in [-0.39, 0.29) is 12.1 Å². The zero-order chi connectivity index (χ0) is 14.5. The summed E-state index contributed by atoms with van der Waals surface area (Å²) in [6.07, 6.45) is 0.157. The lowest BCUT2D eigenvalue weighted by molar-refractivity contribution is 0.0437. The summed E-state index contributed by atoms with van der Waals surface area (Å²) < 4.78 is 0. The first-order chi connectivity index (χ1) is 9.58. The minimum Gasteiger partial charge on any atom is -0.271 e. The second-order valence-electron chi connectivity index (χ2n) is 5.40. The van der Waals surface area contributed by atoms with Crippen LogP contribution in [0.2, 0.25) is 0 Å². The third kappa shape index (κ3) is 3.61. The Kier molecular flexibility index (Phi) is 4.80. The van der Waals surface area contributed by atoms with Gasteiger partial charge in [-0.3, -0.25) is 9.90 Å². The van der Waals surface area contributed by atoms with Gasteiger partial charge in [0.25, 0.3) is 0 Å². The summed E-state index contributed by atoms with van der Waals surface area (Å²) >= 11 is 0. The number of hydrogen-bond donors (Lipinski definition) is 0. The van der Waals surface area contributed by atoms with Gasteiger partial charge in [-0.15, -0.1) is 0 Å². The van der Waals surface area contributed by atoms with E-state index < -0.39 is 0 Å². The van der Waals surface area contributed by atoms with Crippen LogP contribution in [-0.2, 0) is 4.84 Å². The highest BCUT2D eigenvalue weighted by Gasteiger charge is 2.13. The van der Waals surface area contributed by atoms with Crippen molar-refractivity contribution in [3.63, 3.8) is 0 Å². The summed E-state index contributed by atoms with van der Waals surface area (Å²) in [4.78, 5) is 5.91. The van der Waals surface area contributed by atoms with E-state index in [0.29, 0.717) is 0 Å². The van der Waals surface area contributed by atoms with Crippen LogP contribution in [0.25, 0.3) is 11.1 Å². The fraction of sp³-hybridized carbons (Fsp3) is 0.333. The molecule has 0 unspecified atom stereocenters. The van der Waals surface area contributed by atoms with Crippen molar-refractivity contribution in [2.45, 2.75) is 39.8 Å². The van der Waals surface area contributed by atoms with Gasteiger partial charge in [0.1, 0.15) is 0 Å². The van der Waals surface area contributed by atoms with Crippen molar-refractivity contribution in [3.8, 4) is 11.1 Å². The Bertz CT molecular complexity index is 534. The molecule has 0 heterocycles. The van der Waals surface area contributed by atoms with Crippen molar-refractivity contribution in [1.82, 2.24) is 0 Å². The second kappa shape index (κ2) is 6.58. The first-order valence-electron chi connectivity index (χ1n) is 7.11. The largest absolute Gasteiger partial charge is 0.271 e. The molecule has 0 saturated carbocycles. The van der Waals surface area contributed by atoms with Gasteiger partial charge in [-0.25, -0.2) is 0 Å². The van der Waals surface area contributed by atoms with Gasteiger partial charge < -0.3 is 0 Å². The van der Waals surface area contributed by atoms with Crippen molar-refractivity contribution in [2.24, 2.45) is 0 Å². The fourth-order valence-corrected chi connectivity index (χ4v) is 2.09. The van der Waals surface area contributed by atoms with Crippen LogP contribution in [0.4, 0.5) is 5.69 Å². The van der Waals surface area contributed by atoms with E-state index in [9.17, 15) is 0 Å². The highest BCUT2D eigenvalue weighted by molar-refractivity contribution is 5.67. The van der Waals surface area contributed by atoms with Gasteiger partial charge in [0, 0.05) is 0 Å². The number of nitrogens with zero attached hydrogens (tertiary/aromatic N) is 1. The van der Waals surface area contributed by atoms with Crippen molar-refractivity contribution >= 4 is 5.69 Å². The molecular formula is C18H22NO. The van der Waals surface area contributed by atoms with Gasteiger partial charge in [0.15, 0.2) is 0 Å². The van der Waals surface area contributed by atoms with Crippen LogP contribution < -0.4 is 5.06 Å². The van der Waals surface area contributed by atoms with E-state index in [1.807, 2.05) is 37.1 Å². The average Bonchev–Trinajstić information content (AvgIpc) is 2.45. The first kappa shape index (κ1) is 14.6. The van der Waals surface area contributed by atoms with Crippen LogP contribution >= 0.6 is 0 Å². The molecule has 2 heteroatoms. The fourth-order valence-electron chi connectivity index (χ4n) is 2.09. The van der Waals surface area contributed by atoms with Crippen LogP contribution in [0.3, 0.4) is 0 Å². The third-order valence-corrected chi connectivity index (χ3v) is 2.91. The molecule has 0 aromatic heterocycles. The number of hydrogen-bond acceptors (Lipinski definition) is 2. The Morgan fingerprint density at radius 1 is 1.00 bits per heavy atom. The molecule has 2 aromatic carbocycles. The quantitative estimate of drug-likeness (QED) is 0.728. The summed E-state index contributed by atoms with van der Waals surface area (Å²) in [5.74, 6) is 0. The lowest BCUT2D eigenvalue weighted by Crippen LogP contribution is -2.33. The normalized spacial score (nSPS) is 11.1. The topological polar surface area (TPSA) is 12.5 Å². The molecule has 0 saturated heterocycles. The second-order valence-corrected chi connectivity index (χ2v) is 5.40. The van der Waals surface area contributed by atoms with Crippen molar-refractivity contribution in [2.75, 3.05) is 5.06 Å². The molecule has 0 aliphatic carbocycles. The summed E-state index contributed by atoms with van der Waals surface area (Å²) in [7, 11) is 0. The van der Waals surface area contributed by atoms with E-state index in [1.54, 1.807) is 0 Å². The van der Waals surface area contributed by atoms with Gasteiger partial charge in [0.2, 0.25) is 0 Å². The Morgan fingerprint density at radius 2 is 1.80 bits per heavy atom. The average molecular weight is 268 g/mol. The molecule has 0 spiro atoms. The maximum absolute atomic E-state index is 5.91. The lowest BCUT2D eigenvalue weighted by Gasteiger charge is -2.30. The minimum absolute atomic E-state index is 0.157. The molecule has 0 amide bonds. The highest BCUT2D eigenvalue weighted by Crippen LogP contribution is 2.26. The van der Waals surface area contributed by atoms with Crippen LogP contribution in [0.5, 0.6) is 0 Å². The molecule has 0 aliphatic heterocycles. The molecule has 0 fully saturated rings. The van der Waals surface area contributed by atoms with Crippen LogP contribution in [0.1, 0.15) is 27.7 Å². The number of benzene rings is 2. The van der Waals surface area contributed by atoms with Gasteiger partial charge >= 0.3 is 0 Å². The zero-order valence-corrected chi connectivity index (χ0v) is 12.6. The van der Waals surface area contributed by atoms with Crippen LogP contribution in [-0.4, -0.2) is 12.1 Å². The van der Waals surface area contributed by atoms with E-state index in [2.05, 4.69) is 50.2 Å². The Hall–Kier alpha value is -1.80. The smallest absolute Gasteiger partial charge is 0.0800 e. The molecule has 2 aromatic rings. The maximum atomic E-state index is 5.91. The molecule has 20 heavy (non-hydrogen) atoms. The van der Waals surface area contributed by atoms with Crippen LogP contribution in [0.15, 0.2) is 48.5 Å². The molecular weight excluding hydrogens is 246 g/mol. The zero-order valence-electron chi connectivity index (χ0n) is 12.6. The predicted octanol–water partition coefficient (Wildman–Crippen LogP) is 4.71. The Balaban J connectivity index is 2.33. The molecule has 0 aliphatic rings. The Morgan fingerprint density at radius 3 is 2.40 bits per heavy atom. The van der Waals surface area contributed by atoms with Crippen LogP contribution in [0, 0.1) is 6.07 Å². The van der Waals surface area contributed by atoms with E-state index in [1.165, 1.54) is 0 Å². The molecule has 2 rings (SSSR count). The summed E-state index contributed by atoms with van der Waals surface area (Å²) in [6.45, 7) is 8.35. The molecule has 0 N–H and O–H groups in total. The van der Waals surface area contributed by atoms with Crippen molar-refractivity contribution in [1.29, 1.82) is 0 Å². The summed E-state index contributed by atoms with van der Waals surface area (Å²) in [5.41, 5.74) is 3.33. The van der Waals surface area contributed by atoms with Gasteiger partial charge in [-0.05, 0) is 57.0 Å². The summed E-state index contributed by atoms with van der Waals surface area (Å²) in [6, 6.07) is 20.0. The number of hydroxylamine groups is 1. The molecule has 0 atom stereocenters. The van der Waals surface area contributed by atoms with Gasteiger partial charge in [-0.1, -0.05) is 36.4 Å². The lowest BCUT2D eigenvalue weighted by atomic mass is 10.1. The SMILES string of the molecule is CC(C)ON(c1cccc(-c2[c]cccc2)c1)C(C)C. The van der Waals surface area contributed by atoms with Crippen molar-refractivity contribution in [3.05, 3.63) is 54.6 Å². The molecule has 0 bridgehead atoms. The third-order valence-electron chi connectivity index (χ3n) is 2.91. The maximum Gasteiger partial charge on any atom is 0.0800 e. The first-order valence-corrected chi connectivity index (χ1v) is 7.11. The van der Waals surface area contributed by atoms with Crippen molar-refractivity contribution < 1.29 is 4.84 Å². The number of rotatable bonds is 5.